The molecule has 8 aromatic rings. The van der Waals surface area contributed by atoms with Crippen LogP contribution in [0, 0.1) is 0 Å². The first-order chi connectivity index (χ1) is 18.8. The van der Waals surface area contributed by atoms with Crippen LogP contribution in [-0.4, -0.2) is 19.3 Å². The number of para-hydroxylation sites is 1. The first kappa shape index (κ1) is 20.9. The Hall–Kier alpha value is -5.22. The SMILES string of the molecule is c1ccc(-c2cc(-n3c4cc5c(ccn5-c5ccccc5)cc4c4ccc5ccccc5c43)cnn2)cc1. The zero-order chi connectivity index (χ0) is 25.1. The van der Waals surface area contributed by atoms with E-state index in [2.05, 4.69) is 129 Å². The van der Waals surface area contributed by atoms with Crippen molar-refractivity contribution in [3.63, 3.8) is 0 Å². The molecule has 0 saturated heterocycles. The van der Waals surface area contributed by atoms with Gasteiger partial charge >= 0.3 is 0 Å². The fraction of sp³-hybridized carbons (Fsp3) is 0. The average molecular weight is 487 g/mol. The maximum absolute atomic E-state index is 4.47. The molecule has 0 fully saturated rings. The van der Waals surface area contributed by atoms with Gasteiger partial charge < -0.3 is 9.13 Å². The van der Waals surface area contributed by atoms with Gasteiger partial charge in [0.05, 0.1) is 34.1 Å². The number of aromatic nitrogens is 4. The highest BCUT2D eigenvalue weighted by molar-refractivity contribution is 6.20. The van der Waals surface area contributed by atoms with Gasteiger partial charge in [-0.2, -0.15) is 10.2 Å². The van der Waals surface area contributed by atoms with Gasteiger partial charge in [0.1, 0.15) is 0 Å². The summed E-state index contributed by atoms with van der Waals surface area (Å²) in [7, 11) is 0. The highest BCUT2D eigenvalue weighted by atomic mass is 15.1. The molecule has 4 heteroatoms. The highest BCUT2D eigenvalue weighted by Crippen LogP contribution is 2.39. The Kier molecular flexibility index (Phi) is 4.49. The zero-order valence-electron chi connectivity index (χ0n) is 20.5. The van der Waals surface area contributed by atoms with E-state index in [0.717, 1.165) is 28.1 Å². The van der Waals surface area contributed by atoms with Crippen molar-refractivity contribution in [2.24, 2.45) is 0 Å². The molecule has 3 heterocycles. The van der Waals surface area contributed by atoms with E-state index in [1.54, 1.807) is 0 Å². The predicted molar refractivity (Wildman–Crippen MR) is 156 cm³/mol. The van der Waals surface area contributed by atoms with Gasteiger partial charge in [-0.25, -0.2) is 0 Å². The lowest BCUT2D eigenvalue weighted by molar-refractivity contribution is 1.01. The van der Waals surface area contributed by atoms with Crippen LogP contribution in [-0.2, 0) is 0 Å². The first-order valence-electron chi connectivity index (χ1n) is 12.8. The van der Waals surface area contributed by atoms with E-state index in [1.165, 1.54) is 38.0 Å². The van der Waals surface area contributed by atoms with Crippen molar-refractivity contribution in [3.8, 4) is 22.6 Å². The Morgan fingerprint density at radius 1 is 0.526 bits per heavy atom. The Morgan fingerprint density at radius 2 is 1.32 bits per heavy atom. The lowest BCUT2D eigenvalue weighted by atomic mass is 10.1. The molecule has 0 N–H and O–H groups in total. The van der Waals surface area contributed by atoms with E-state index >= 15 is 0 Å². The van der Waals surface area contributed by atoms with Gasteiger partial charge in [0.25, 0.3) is 0 Å². The van der Waals surface area contributed by atoms with Gasteiger partial charge in [0.15, 0.2) is 0 Å². The molecule has 5 aromatic carbocycles. The molecular formula is C34H22N4. The maximum Gasteiger partial charge on any atom is 0.0950 e. The van der Waals surface area contributed by atoms with Crippen LogP contribution in [0.25, 0.3) is 66.1 Å². The molecule has 0 aliphatic rings. The second-order valence-electron chi connectivity index (χ2n) is 9.63. The topological polar surface area (TPSA) is 35.6 Å². The van der Waals surface area contributed by atoms with Crippen molar-refractivity contribution < 1.29 is 0 Å². The minimum atomic E-state index is 0.854. The molecule has 4 nitrogen and oxygen atoms in total. The van der Waals surface area contributed by atoms with Gasteiger partial charge in [-0.3, -0.25) is 0 Å². The second kappa shape index (κ2) is 8.15. The monoisotopic (exact) mass is 486 g/mol. The summed E-state index contributed by atoms with van der Waals surface area (Å²) in [6, 6.07) is 42.8. The Labute approximate surface area is 219 Å². The third-order valence-electron chi connectivity index (χ3n) is 7.47. The summed E-state index contributed by atoms with van der Waals surface area (Å²) >= 11 is 0. The first-order valence-corrected chi connectivity index (χ1v) is 12.8. The lowest BCUT2D eigenvalue weighted by Crippen LogP contribution is -1.98. The summed E-state index contributed by atoms with van der Waals surface area (Å²) in [4.78, 5) is 0. The van der Waals surface area contributed by atoms with Gasteiger partial charge in [0.2, 0.25) is 0 Å². The van der Waals surface area contributed by atoms with Crippen LogP contribution >= 0.6 is 0 Å². The third kappa shape index (κ3) is 3.10. The van der Waals surface area contributed by atoms with Crippen molar-refractivity contribution in [1.29, 1.82) is 0 Å². The lowest BCUT2D eigenvalue weighted by Gasteiger charge is -2.11. The number of hydrogen-bond acceptors (Lipinski definition) is 2. The fourth-order valence-corrected chi connectivity index (χ4v) is 5.72. The molecular weight excluding hydrogens is 464 g/mol. The van der Waals surface area contributed by atoms with Crippen LogP contribution in [0.1, 0.15) is 0 Å². The molecule has 0 aliphatic carbocycles. The van der Waals surface area contributed by atoms with Crippen LogP contribution in [0.4, 0.5) is 0 Å². The second-order valence-corrected chi connectivity index (χ2v) is 9.63. The van der Waals surface area contributed by atoms with Gasteiger partial charge in [-0.1, -0.05) is 84.9 Å². The van der Waals surface area contributed by atoms with Crippen molar-refractivity contribution in [2.45, 2.75) is 0 Å². The Balaban J connectivity index is 1.50. The Bertz CT molecular complexity index is 2120. The molecule has 178 valence electrons. The number of nitrogens with zero attached hydrogens (tertiary/aromatic N) is 4. The van der Waals surface area contributed by atoms with Crippen LogP contribution < -0.4 is 0 Å². The maximum atomic E-state index is 4.47. The smallest absolute Gasteiger partial charge is 0.0950 e. The standard InChI is InChI=1S/C34H22N4/c1-3-10-24(11-4-1)31-20-27(22-35-36-31)38-33-21-32-25(17-18-37(32)26-12-5-2-6-13-26)19-30(33)29-16-15-23-9-7-8-14-28(23)34(29)38/h1-22H. The Morgan fingerprint density at radius 3 is 2.18 bits per heavy atom. The molecule has 0 radical (unpaired) electrons. The molecule has 3 aromatic heterocycles. The van der Waals surface area contributed by atoms with E-state index in [0.29, 0.717) is 0 Å². The minimum absolute atomic E-state index is 0.854. The largest absolute Gasteiger partial charge is 0.316 e. The average Bonchev–Trinajstić information content (AvgIpc) is 3.55. The van der Waals surface area contributed by atoms with Crippen molar-refractivity contribution in [2.75, 3.05) is 0 Å². The molecule has 0 saturated carbocycles. The molecule has 0 atom stereocenters. The molecule has 0 spiro atoms. The zero-order valence-corrected chi connectivity index (χ0v) is 20.5. The molecule has 0 bridgehead atoms. The molecule has 0 unspecified atom stereocenters. The van der Waals surface area contributed by atoms with Gasteiger partial charge in [0, 0.05) is 39.0 Å². The summed E-state index contributed by atoms with van der Waals surface area (Å²) in [6.07, 6.45) is 4.02. The van der Waals surface area contributed by atoms with Crippen LogP contribution in [0.2, 0.25) is 0 Å². The van der Waals surface area contributed by atoms with E-state index in [9.17, 15) is 0 Å². The third-order valence-corrected chi connectivity index (χ3v) is 7.47. The molecule has 8 rings (SSSR count). The summed E-state index contributed by atoms with van der Waals surface area (Å²) in [5.41, 5.74) is 7.54. The number of fused-ring (bicyclic) bond motifs is 6. The summed E-state index contributed by atoms with van der Waals surface area (Å²) in [5.74, 6) is 0. The molecule has 0 amide bonds. The number of benzene rings is 5. The molecule has 0 aliphatic heterocycles. The fourth-order valence-electron chi connectivity index (χ4n) is 5.72. The van der Waals surface area contributed by atoms with Crippen molar-refractivity contribution in [1.82, 2.24) is 19.3 Å². The van der Waals surface area contributed by atoms with Crippen LogP contribution in [0.3, 0.4) is 0 Å². The highest BCUT2D eigenvalue weighted by Gasteiger charge is 2.18. The van der Waals surface area contributed by atoms with Gasteiger partial charge in [-0.15, -0.1) is 0 Å². The minimum Gasteiger partial charge on any atom is -0.316 e. The van der Waals surface area contributed by atoms with E-state index in [4.69, 9.17) is 0 Å². The van der Waals surface area contributed by atoms with E-state index < -0.39 is 0 Å². The summed E-state index contributed by atoms with van der Waals surface area (Å²) in [5, 5.41) is 15.0. The summed E-state index contributed by atoms with van der Waals surface area (Å²) in [6.45, 7) is 0. The number of rotatable bonds is 3. The van der Waals surface area contributed by atoms with Crippen LogP contribution in [0.5, 0.6) is 0 Å². The normalized spacial score (nSPS) is 11.7. The predicted octanol–water partition coefficient (Wildman–Crippen LogP) is 8.34. The number of hydrogen-bond donors (Lipinski definition) is 0. The van der Waals surface area contributed by atoms with E-state index in [-0.39, 0.29) is 0 Å². The van der Waals surface area contributed by atoms with Gasteiger partial charge in [-0.05, 0) is 41.8 Å². The summed E-state index contributed by atoms with van der Waals surface area (Å²) < 4.78 is 4.62. The van der Waals surface area contributed by atoms with Crippen molar-refractivity contribution in [3.05, 3.63) is 134 Å². The van der Waals surface area contributed by atoms with E-state index in [1.807, 2.05) is 24.4 Å². The quantitative estimate of drug-likeness (QED) is 0.252. The molecule has 38 heavy (non-hydrogen) atoms. The van der Waals surface area contributed by atoms with Crippen LogP contribution in [0.15, 0.2) is 134 Å². The van der Waals surface area contributed by atoms with Crippen molar-refractivity contribution >= 4 is 43.5 Å².